The molecule has 0 aliphatic rings. The summed E-state index contributed by atoms with van der Waals surface area (Å²) in [7, 11) is 0. The molecular weight excluding hydrogens is 1090 g/mol. The third-order valence-corrected chi connectivity index (χ3v) is 19.5. The van der Waals surface area contributed by atoms with Crippen LogP contribution < -0.4 is 5.32 Å². The number of esters is 1. The molecule has 0 fully saturated rings. The van der Waals surface area contributed by atoms with E-state index < -0.39 is 12.1 Å². The second-order valence-corrected chi connectivity index (χ2v) is 28.5. The molecule has 0 aromatic heterocycles. The highest BCUT2D eigenvalue weighted by Gasteiger charge is 2.20. The van der Waals surface area contributed by atoms with Crippen molar-refractivity contribution in [2.75, 3.05) is 13.2 Å². The fraction of sp³-hybridized carbons (Fsp3) is 0.928. The monoisotopic (exact) mass is 1250 g/mol. The molecule has 0 heterocycles. The SMILES string of the molecule is CCCCCCCC/C=C\CCCCCCCC(=O)OCCCCCCCCCCCCCC/C=C\CCCCCCCCCCCCCCCCCCCC(=O)NC(CO)C(O)CCCCCCCCCCCCCCCCCCCCCCCCCC. The van der Waals surface area contributed by atoms with Gasteiger partial charge in [-0.2, -0.15) is 0 Å². The van der Waals surface area contributed by atoms with Crippen molar-refractivity contribution in [2.45, 2.75) is 482 Å². The minimum atomic E-state index is -0.664. The normalized spacial score (nSPS) is 12.5. The average Bonchev–Trinajstić information content (AvgIpc) is 3.63. The van der Waals surface area contributed by atoms with E-state index in [0.717, 1.165) is 44.9 Å². The maximum absolute atomic E-state index is 12.6. The Morgan fingerprint density at radius 1 is 0.303 bits per heavy atom. The molecule has 0 aromatic carbocycles. The van der Waals surface area contributed by atoms with Gasteiger partial charge >= 0.3 is 5.97 Å². The number of aliphatic hydroxyl groups is 2. The van der Waals surface area contributed by atoms with Crippen LogP contribution in [-0.4, -0.2) is 47.4 Å². The highest BCUT2D eigenvalue weighted by atomic mass is 16.5. The number of hydrogen-bond acceptors (Lipinski definition) is 5. The molecule has 0 aliphatic carbocycles. The fourth-order valence-electron chi connectivity index (χ4n) is 13.2. The largest absolute Gasteiger partial charge is 0.466 e. The van der Waals surface area contributed by atoms with Crippen molar-refractivity contribution in [3.63, 3.8) is 0 Å². The number of unbranched alkanes of at least 4 members (excludes halogenated alkanes) is 63. The number of hydrogen-bond donors (Lipinski definition) is 3. The van der Waals surface area contributed by atoms with E-state index in [0.29, 0.717) is 25.9 Å². The molecule has 0 aromatic rings. The lowest BCUT2D eigenvalue weighted by molar-refractivity contribution is -0.143. The van der Waals surface area contributed by atoms with Crippen molar-refractivity contribution in [1.82, 2.24) is 5.32 Å². The van der Waals surface area contributed by atoms with Crippen LogP contribution in [-0.2, 0) is 14.3 Å². The molecule has 528 valence electrons. The lowest BCUT2D eigenvalue weighted by Crippen LogP contribution is -2.45. The Morgan fingerprint density at radius 3 is 0.798 bits per heavy atom. The van der Waals surface area contributed by atoms with Gasteiger partial charge in [-0.3, -0.25) is 9.59 Å². The standard InChI is InChI=1S/C83H161NO5/c1-3-5-7-9-11-13-15-17-19-20-21-22-23-35-38-41-44-48-51-55-59-63-67-71-75-81(86)80(79-85)84-82(87)76-72-68-64-60-56-52-49-45-42-39-36-33-31-29-27-25-24-26-28-30-32-34-37-40-43-46-50-54-58-62-66-70-74-78-89-83(88)77-73-69-65-61-57-53-47-18-16-14-12-10-8-6-4-2/h18,28,30,47,80-81,85-86H,3-17,19-27,29,31-46,48-79H2,1-2H3,(H,84,87)/b30-28-,47-18-. The number of rotatable bonds is 78. The third-order valence-electron chi connectivity index (χ3n) is 19.5. The number of nitrogens with one attached hydrogen (secondary N) is 1. The maximum atomic E-state index is 12.6. The molecule has 2 unspecified atom stereocenters. The van der Waals surface area contributed by atoms with Crippen molar-refractivity contribution in [2.24, 2.45) is 0 Å². The van der Waals surface area contributed by atoms with E-state index in [1.54, 1.807) is 0 Å². The van der Waals surface area contributed by atoms with Crippen LogP contribution in [0.5, 0.6) is 0 Å². The van der Waals surface area contributed by atoms with Crippen LogP contribution in [0.25, 0.3) is 0 Å². The van der Waals surface area contributed by atoms with Gasteiger partial charge in [0.25, 0.3) is 0 Å². The summed E-state index contributed by atoms with van der Waals surface area (Å²) in [6.07, 6.45) is 101. The summed E-state index contributed by atoms with van der Waals surface area (Å²) in [5.41, 5.74) is 0. The fourth-order valence-corrected chi connectivity index (χ4v) is 13.2. The summed E-state index contributed by atoms with van der Waals surface area (Å²) >= 11 is 0. The van der Waals surface area contributed by atoms with Crippen LogP contribution in [0.1, 0.15) is 470 Å². The van der Waals surface area contributed by atoms with Gasteiger partial charge in [0.05, 0.1) is 25.4 Å². The third kappa shape index (κ3) is 75.3. The molecule has 6 heteroatoms. The van der Waals surface area contributed by atoms with Crippen molar-refractivity contribution in [1.29, 1.82) is 0 Å². The number of amides is 1. The Kier molecular flexibility index (Phi) is 77.3. The Morgan fingerprint density at radius 2 is 0.528 bits per heavy atom. The molecule has 0 saturated carbocycles. The zero-order chi connectivity index (χ0) is 64.2. The molecule has 0 radical (unpaired) electrons. The summed E-state index contributed by atoms with van der Waals surface area (Å²) < 4.78 is 5.50. The van der Waals surface area contributed by atoms with Gasteiger partial charge in [0.2, 0.25) is 5.91 Å². The predicted molar refractivity (Wildman–Crippen MR) is 393 cm³/mol. The molecule has 0 bridgehead atoms. The van der Waals surface area contributed by atoms with Crippen LogP contribution in [0.2, 0.25) is 0 Å². The molecule has 6 nitrogen and oxygen atoms in total. The van der Waals surface area contributed by atoms with Crippen molar-refractivity contribution < 1.29 is 24.5 Å². The lowest BCUT2D eigenvalue weighted by Gasteiger charge is -2.22. The molecule has 89 heavy (non-hydrogen) atoms. The number of ether oxygens (including phenoxy) is 1. The summed E-state index contributed by atoms with van der Waals surface area (Å²) in [5, 5.41) is 23.5. The Balaban J connectivity index is 3.35. The van der Waals surface area contributed by atoms with E-state index in [1.165, 1.54) is 392 Å². The van der Waals surface area contributed by atoms with Crippen molar-refractivity contribution in [3.05, 3.63) is 24.3 Å². The van der Waals surface area contributed by atoms with Crippen LogP contribution in [0.15, 0.2) is 24.3 Å². The van der Waals surface area contributed by atoms with Gasteiger partial charge in [-0.25, -0.2) is 0 Å². The highest BCUT2D eigenvalue weighted by Crippen LogP contribution is 2.20. The van der Waals surface area contributed by atoms with Crippen LogP contribution in [0.4, 0.5) is 0 Å². The Labute approximate surface area is 558 Å². The zero-order valence-electron chi connectivity index (χ0n) is 60.7. The first-order valence-corrected chi connectivity index (χ1v) is 41.1. The number of allylic oxidation sites excluding steroid dienone is 4. The van der Waals surface area contributed by atoms with Gasteiger partial charge in [0.15, 0.2) is 0 Å². The van der Waals surface area contributed by atoms with Gasteiger partial charge < -0.3 is 20.3 Å². The zero-order valence-corrected chi connectivity index (χ0v) is 60.7. The van der Waals surface area contributed by atoms with E-state index in [1.807, 2.05) is 0 Å². The van der Waals surface area contributed by atoms with Gasteiger partial charge in [0, 0.05) is 12.8 Å². The molecule has 1 amide bonds. The molecule has 3 N–H and O–H groups in total. The number of carbonyl (C=O) groups is 2. The molecule has 2 atom stereocenters. The molecule has 0 aliphatic heterocycles. The first-order valence-electron chi connectivity index (χ1n) is 41.1. The Hall–Kier alpha value is -1.66. The quantitative estimate of drug-likeness (QED) is 0.0320. The first-order chi connectivity index (χ1) is 44.0. The van der Waals surface area contributed by atoms with Crippen LogP contribution in [0, 0.1) is 0 Å². The van der Waals surface area contributed by atoms with E-state index in [-0.39, 0.29) is 18.5 Å². The van der Waals surface area contributed by atoms with E-state index in [2.05, 4.69) is 43.5 Å². The van der Waals surface area contributed by atoms with E-state index in [9.17, 15) is 19.8 Å². The van der Waals surface area contributed by atoms with Gasteiger partial charge in [-0.05, 0) is 77.0 Å². The second-order valence-electron chi connectivity index (χ2n) is 28.5. The summed E-state index contributed by atoms with van der Waals surface area (Å²) in [5.74, 6) is -0.0141. The molecule has 0 rings (SSSR count). The Bertz CT molecular complexity index is 1400. The van der Waals surface area contributed by atoms with Gasteiger partial charge in [-0.15, -0.1) is 0 Å². The maximum Gasteiger partial charge on any atom is 0.305 e. The minimum Gasteiger partial charge on any atom is -0.466 e. The summed E-state index contributed by atoms with van der Waals surface area (Å²) in [6.45, 7) is 5.00. The van der Waals surface area contributed by atoms with Crippen molar-refractivity contribution in [3.8, 4) is 0 Å². The average molecular weight is 1250 g/mol. The second kappa shape index (κ2) is 78.8. The van der Waals surface area contributed by atoms with Gasteiger partial charge in [0.1, 0.15) is 0 Å². The summed E-state index contributed by atoms with van der Waals surface area (Å²) in [4.78, 5) is 24.7. The molecule has 0 spiro atoms. The topological polar surface area (TPSA) is 95.9 Å². The van der Waals surface area contributed by atoms with Crippen LogP contribution in [0.3, 0.4) is 0 Å². The number of carbonyl (C=O) groups excluding carboxylic acids is 2. The molecular formula is C83H161NO5. The number of aliphatic hydroxyl groups excluding tert-OH is 2. The van der Waals surface area contributed by atoms with Crippen molar-refractivity contribution >= 4 is 11.9 Å². The lowest BCUT2D eigenvalue weighted by atomic mass is 10.0. The summed E-state index contributed by atoms with van der Waals surface area (Å²) in [6, 6.07) is -0.540. The van der Waals surface area contributed by atoms with Crippen LogP contribution >= 0.6 is 0 Å². The molecule has 0 saturated heterocycles. The van der Waals surface area contributed by atoms with E-state index in [4.69, 9.17) is 4.74 Å². The van der Waals surface area contributed by atoms with E-state index >= 15 is 0 Å². The predicted octanol–water partition coefficient (Wildman–Crippen LogP) is 27.2. The minimum absolute atomic E-state index is 0.0118. The highest BCUT2D eigenvalue weighted by molar-refractivity contribution is 5.76. The van der Waals surface area contributed by atoms with Gasteiger partial charge in [-0.1, -0.05) is 404 Å². The first kappa shape index (κ1) is 87.3. The smallest absolute Gasteiger partial charge is 0.305 e.